The molecule has 3 rings (SSSR count). The third-order valence-corrected chi connectivity index (χ3v) is 6.17. The Bertz CT molecular complexity index is 1300. The molecular formula is C29H31BrFN3O4. The molecule has 1 atom stereocenters. The second-order valence-corrected chi connectivity index (χ2v) is 9.80. The number of hydrogen-bond donors (Lipinski definition) is 2. The predicted molar refractivity (Wildman–Crippen MR) is 149 cm³/mol. The van der Waals surface area contributed by atoms with Crippen LogP contribution in [0.5, 0.6) is 11.5 Å². The molecule has 3 aromatic carbocycles. The number of hydrazone groups is 1. The van der Waals surface area contributed by atoms with Gasteiger partial charge in [-0.05, 0) is 71.1 Å². The number of hydrogen-bond acceptors (Lipinski definition) is 5. The molecule has 0 saturated carbocycles. The minimum Gasteiger partial charge on any atom is -0.490 e. The predicted octanol–water partition coefficient (Wildman–Crippen LogP) is 5.78. The van der Waals surface area contributed by atoms with Crippen LogP contribution in [-0.2, 0) is 11.4 Å². The molecule has 3 aromatic rings. The molecule has 0 aliphatic rings. The van der Waals surface area contributed by atoms with E-state index in [0.29, 0.717) is 34.7 Å². The molecule has 0 spiro atoms. The van der Waals surface area contributed by atoms with Gasteiger partial charge < -0.3 is 14.8 Å². The SMILES string of the molecule is CCOc1cc(C=NNC(=O)C(NC(=O)c2ccccc2F)C(C)C)cc(Br)c1OCc1ccc(C)cc1. The van der Waals surface area contributed by atoms with E-state index in [1.165, 1.54) is 30.0 Å². The van der Waals surface area contributed by atoms with Crippen LogP contribution in [0.1, 0.15) is 47.8 Å². The number of carbonyl (C=O) groups is 2. The van der Waals surface area contributed by atoms with E-state index >= 15 is 0 Å². The first-order valence-electron chi connectivity index (χ1n) is 12.2. The van der Waals surface area contributed by atoms with Crippen molar-refractivity contribution in [2.24, 2.45) is 11.0 Å². The van der Waals surface area contributed by atoms with Crippen LogP contribution in [-0.4, -0.2) is 30.7 Å². The molecule has 0 aliphatic heterocycles. The van der Waals surface area contributed by atoms with Gasteiger partial charge in [0.1, 0.15) is 18.5 Å². The van der Waals surface area contributed by atoms with Crippen LogP contribution in [0, 0.1) is 18.7 Å². The van der Waals surface area contributed by atoms with Crippen molar-refractivity contribution in [2.75, 3.05) is 6.61 Å². The van der Waals surface area contributed by atoms with Crippen molar-refractivity contribution in [3.05, 3.63) is 93.2 Å². The first kappa shape index (κ1) is 28.8. The lowest BCUT2D eigenvalue weighted by Gasteiger charge is -2.20. The van der Waals surface area contributed by atoms with E-state index in [-0.39, 0.29) is 11.5 Å². The zero-order valence-corrected chi connectivity index (χ0v) is 23.3. The summed E-state index contributed by atoms with van der Waals surface area (Å²) in [6.45, 7) is 8.26. The van der Waals surface area contributed by atoms with Crippen LogP contribution in [0.3, 0.4) is 0 Å². The number of rotatable bonds is 11. The van der Waals surface area contributed by atoms with Gasteiger partial charge in [0.25, 0.3) is 11.8 Å². The zero-order valence-electron chi connectivity index (χ0n) is 21.8. The summed E-state index contributed by atoms with van der Waals surface area (Å²) in [5.41, 5.74) is 5.18. The number of benzene rings is 3. The number of nitrogens with zero attached hydrogens (tertiary/aromatic N) is 1. The highest BCUT2D eigenvalue weighted by atomic mass is 79.9. The van der Waals surface area contributed by atoms with Crippen LogP contribution in [0.2, 0.25) is 0 Å². The summed E-state index contributed by atoms with van der Waals surface area (Å²) < 4.78 is 26.4. The third kappa shape index (κ3) is 7.89. The Kier molecular flexibility index (Phi) is 10.4. The van der Waals surface area contributed by atoms with Crippen molar-refractivity contribution in [1.29, 1.82) is 0 Å². The van der Waals surface area contributed by atoms with Gasteiger partial charge in [-0.25, -0.2) is 9.82 Å². The molecule has 0 saturated heterocycles. The zero-order chi connectivity index (χ0) is 27.7. The minimum atomic E-state index is -0.914. The van der Waals surface area contributed by atoms with E-state index in [0.717, 1.165) is 5.56 Å². The van der Waals surface area contributed by atoms with Crippen LogP contribution in [0.25, 0.3) is 0 Å². The molecule has 0 bridgehead atoms. The maximum Gasteiger partial charge on any atom is 0.262 e. The summed E-state index contributed by atoms with van der Waals surface area (Å²) in [6, 6.07) is 16.3. The molecule has 7 nitrogen and oxygen atoms in total. The highest BCUT2D eigenvalue weighted by Crippen LogP contribution is 2.37. The normalized spacial score (nSPS) is 11.9. The van der Waals surface area contributed by atoms with Crippen molar-refractivity contribution in [3.63, 3.8) is 0 Å². The van der Waals surface area contributed by atoms with Crippen molar-refractivity contribution >= 4 is 34.0 Å². The number of carbonyl (C=O) groups excluding carboxylic acids is 2. The molecule has 2 N–H and O–H groups in total. The van der Waals surface area contributed by atoms with Crippen molar-refractivity contribution < 1.29 is 23.5 Å². The average molecular weight is 584 g/mol. The van der Waals surface area contributed by atoms with Gasteiger partial charge in [0.05, 0.1) is 22.9 Å². The Hall–Kier alpha value is -3.72. The fourth-order valence-electron chi connectivity index (χ4n) is 3.54. The van der Waals surface area contributed by atoms with Crippen LogP contribution >= 0.6 is 15.9 Å². The van der Waals surface area contributed by atoms with E-state index in [1.807, 2.05) is 38.1 Å². The molecule has 0 fully saturated rings. The number of ether oxygens (including phenoxy) is 2. The monoisotopic (exact) mass is 583 g/mol. The highest BCUT2D eigenvalue weighted by molar-refractivity contribution is 9.10. The van der Waals surface area contributed by atoms with Crippen molar-refractivity contribution in [3.8, 4) is 11.5 Å². The Morgan fingerprint density at radius 2 is 1.79 bits per heavy atom. The molecule has 38 heavy (non-hydrogen) atoms. The Morgan fingerprint density at radius 1 is 1.08 bits per heavy atom. The van der Waals surface area contributed by atoms with Crippen LogP contribution < -0.4 is 20.2 Å². The maximum absolute atomic E-state index is 14.0. The number of amides is 2. The second kappa shape index (κ2) is 13.7. The molecule has 0 aliphatic carbocycles. The number of nitrogens with one attached hydrogen (secondary N) is 2. The van der Waals surface area contributed by atoms with Crippen LogP contribution in [0.4, 0.5) is 4.39 Å². The molecular weight excluding hydrogens is 553 g/mol. The molecule has 0 aromatic heterocycles. The van der Waals surface area contributed by atoms with Crippen molar-refractivity contribution in [2.45, 2.75) is 40.3 Å². The summed E-state index contributed by atoms with van der Waals surface area (Å²) in [6.07, 6.45) is 1.46. The van der Waals surface area contributed by atoms with Gasteiger partial charge in [0, 0.05) is 0 Å². The van der Waals surface area contributed by atoms with Gasteiger partial charge in [0.2, 0.25) is 0 Å². The highest BCUT2D eigenvalue weighted by Gasteiger charge is 2.25. The molecule has 9 heteroatoms. The first-order valence-corrected chi connectivity index (χ1v) is 13.0. The maximum atomic E-state index is 14.0. The van der Waals surface area contributed by atoms with E-state index in [1.54, 1.807) is 32.0 Å². The lowest BCUT2D eigenvalue weighted by atomic mass is 10.0. The minimum absolute atomic E-state index is 0.132. The summed E-state index contributed by atoms with van der Waals surface area (Å²) >= 11 is 3.54. The smallest absolute Gasteiger partial charge is 0.262 e. The van der Waals surface area contributed by atoms with Gasteiger partial charge >= 0.3 is 0 Å². The fraction of sp³-hybridized carbons (Fsp3) is 0.276. The van der Waals surface area contributed by atoms with E-state index in [4.69, 9.17) is 9.47 Å². The summed E-state index contributed by atoms with van der Waals surface area (Å²) in [5.74, 6) is -1.03. The first-order chi connectivity index (χ1) is 18.2. The van der Waals surface area contributed by atoms with Crippen molar-refractivity contribution in [1.82, 2.24) is 10.7 Å². The Morgan fingerprint density at radius 3 is 2.45 bits per heavy atom. The summed E-state index contributed by atoms with van der Waals surface area (Å²) in [7, 11) is 0. The van der Waals surface area contributed by atoms with E-state index in [9.17, 15) is 14.0 Å². The lowest BCUT2D eigenvalue weighted by molar-refractivity contribution is -0.123. The van der Waals surface area contributed by atoms with E-state index < -0.39 is 23.7 Å². The van der Waals surface area contributed by atoms with E-state index in [2.05, 4.69) is 31.8 Å². The number of halogens is 2. The quantitative estimate of drug-likeness (QED) is 0.221. The van der Waals surface area contributed by atoms with Gasteiger partial charge in [0.15, 0.2) is 11.5 Å². The van der Waals surface area contributed by atoms with Gasteiger partial charge in [-0.1, -0.05) is 55.8 Å². The molecule has 2 amide bonds. The fourth-order valence-corrected chi connectivity index (χ4v) is 4.12. The largest absolute Gasteiger partial charge is 0.490 e. The molecule has 1 unspecified atom stereocenters. The topological polar surface area (TPSA) is 89.0 Å². The Balaban J connectivity index is 1.69. The van der Waals surface area contributed by atoms with Crippen LogP contribution in [0.15, 0.2) is 70.2 Å². The molecule has 0 heterocycles. The van der Waals surface area contributed by atoms with Gasteiger partial charge in [-0.2, -0.15) is 5.10 Å². The third-order valence-electron chi connectivity index (χ3n) is 5.58. The van der Waals surface area contributed by atoms with Gasteiger partial charge in [-0.3, -0.25) is 9.59 Å². The number of aryl methyl sites for hydroxylation is 1. The standard InChI is InChI=1S/C29H31BrFN3O4/c1-5-37-25-15-21(14-23(30)27(25)38-17-20-12-10-19(4)11-13-20)16-32-34-29(36)26(18(2)3)33-28(35)22-8-6-7-9-24(22)31/h6-16,18,26H,5,17H2,1-4H3,(H,33,35)(H,34,36). The lowest BCUT2D eigenvalue weighted by Crippen LogP contribution is -2.48. The second-order valence-electron chi connectivity index (χ2n) is 8.95. The summed E-state index contributed by atoms with van der Waals surface area (Å²) in [5, 5.41) is 6.64. The average Bonchev–Trinajstić information content (AvgIpc) is 2.88. The van der Waals surface area contributed by atoms with Gasteiger partial charge in [-0.15, -0.1) is 0 Å². The molecule has 200 valence electrons. The molecule has 0 radical (unpaired) electrons. The summed E-state index contributed by atoms with van der Waals surface area (Å²) in [4.78, 5) is 25.3. The Labute approximate surface area is 230 Å².